The molecule has 2 rings (SSSR count). The molecule has 0 unspecified atom stereocenters. The Morgan fingerprint density at radius 2 is 2.07 bits per heavy atom. The normalized spacial score (nSPS) is 10.3. The van der Waals surface area contributed by atoms with Crippen molar-refractivity contribution >= 4 is 34.1 Å². The van der Waals surface area contributed by atoms with E-state index in [0.29, 0.717) is 10.6 Å². The maximum atomic E-state index is 8.82. The van der Waals surface area contributed by atoms with Crippen LogP contribution in [0.25, 0.3) is 10.9 Å². The lowest BCUT2D eigenvalue weighted by atomic mass is 10.1. The Labute approximate surface area is 97.1 Å². The molecule has 0 amide bonds. The predicted molar refractivity (Wildman–Crippen MR) is 61.2 cm³/mol. The van der Waals surface area contributed by atoms with E-state index in [2.05, 4.69) is 4.98 Å². The Balaban J connectivity index is 2.94. The van der Waals surface area contributed by atoms with Crippen LogP contribution in [0.5, 0.6) is 0 Å². The number of aryl methyl sites for hydroxylation is 1. The zero-order chi connectivity index (χ0) is 11.0. The van der Waals surface area contributed by atoms with Crippen LogP contribution in [0.15, 0.2) is 18.2 Å². The second-order valence-electron chi connectivity index (χ2n) is 3.20. The van der Waals surface area contributed by atoms with E-state index in [1.54, 1.807) is 12.1 Å². The minimum atomic E-state index is 0.218. The summed E-state index contributed by atoms with van der Waals surface area (Å²) in [5.74, 6) is 0. The number of rotatable bonds is 0. The van der Waals surface area contributed by atoms with Crippen molar-refractivity contribution in [3.8, 4) is 6.07 Å². The molecule has 1 aromatic heterocycles. The van der Waals surface area contributed by atoms with E-state index in [1.807, 2.05) is 19.1 Å². The fourth-order valence-corrected chi connectivity index (χ4v) is 1.81. The molecule has 2 aromatic rings. The van der Waals surface area contributed by atoms with Crippen molar-refractivity contribution in [1.29, 1.82) is 5.26 Å². The molecule has 0 radical (unpaired) electrons. The second-order valence-corrected chi connectivity index (χ2v) is 3.96. The van der Waals surface area contributed by atoms with E-state index in [0.717, 1.165) is 16.5 Å². The van der Waals surface area contributed by atoms with Crippen LogP contribution >= 0.6 is 23.2 Å². The second kappa shape index (κ2) is 3.69. The molecule has 74 valence electrons. The molecular formula is C11H6Cl2N2. The van der Waals surface area contributed by atoms with Crippen molar-refractivity contribution in [1.82, 2.24) is 4.98 Å². The number of hydrogen-bond acceptors (Lipinski definition) is 2. The SMILES string of the molecule is Cc1ccc(Cl)c2cc(C#N)c(Cl)nc12. The number of nitrogens with zero attached hydrogens (tertiary/aromatic N) is 2. The van der Waals surface area contributed by atoms with Crippen molar-refractivity contribution in [2.45, 2.75) is 6.92 Å². The van der Waals surface area contributed by atoms with Crippen molar-refractivity contribution < 1.29 is 0 Å². The number of aromatic nitrogens is 1. The van der Waals surface area contributed by atoms with Gasteiger partial charge in [-0.3, -0.25) is 0 Å². The summed E-state index contributed by atoms with van der Waals surface area (Å²) in [5.41, 5.74) is 2.07. The number of pyridine rings is 1. The minimum Gasteiger partial charge on any atom is -0.234 e. The molecule has 0 saturated heterocycles. The zero-order valence-corrected chi connectivity index (χ0v) is 9.39. The lowest BCUT2D eigenvalue weighted by molar-refractivity contribution is 1.34. The number of benzene rings is 1. The van der Waals surface area contributed by atoms with Gasteiger partial charge >= 0.3 is 0 Å². The first kappa shape index (κ1) is 10.2. The quantitative estimate of drug-likeness (QED) is 0.654. The molecule has 0 aliphatic rings. The molecule has 2 nitrogen and oxygen atoms in total. The van der Waals surface area contributed by atoms with E-state index in [-0.39, 0.29) is 5.15 Å². The van der Waals surface area contributed by atoms with E-state index >= 15 is 0 Å². The van der Waals surface area contributed by atoms with E-state index in [9.17, 15) is 0 Å². The van der Waals surface area contributed by atoms with Gasteiger partial charge in [-0.15, -0.1) is 0 Å². The summed E-state index contributed by atoms with van der Waals surface area (Å²) in [7, 11) is 0. The van der Waals surface area contributed by atoms with Gasteiger partial charge in [0.15, 0.2) is 0 Å². The molecule has 0 saturated carbocycles. The summed E-state index contributed by atoms with van der Waals surface area (Å²) < 4.78 is 0. The van der Waals surface area contributed by atoms with Crippen LogP contribution in [0.1, 0.15) is 11.1 Å². The van der Waals surface area contributed by atoms with Gasteiger partial charge in [0.25, 0.3) is 0 Å². The molecule has 0 bridgehead atoms. The largest absolute Gasteiger partial charge is 0.234 e. The Morgan fingerprint density at radius 3 is 2.73 bits per heavy atom. The number of fused-ring (bicyclic) bond motifs is 1. The first-order valence-corrected chi connectivity index (χ1v) is 5.04. The van der Waals surface area contributed by atoms with Crippen molar-refractivity contribution in [3.63, 3.8) is 0 Å². The standard InChI is InChI=1S/C11H6Cl2N2/c1-6-2-3-9(12)8-4-7(5-14)11(13)15-10(6)8/h2-4H,1H3. The number of halogens is 2. The Kier molecular flexibility index (Phi) is 2.52. The Bertz CT molecular complexity index is 585. The van der Waals surface area contributed by atoms with Crippen molar-refractivity contribution in [3.05, 3.63) is 39.5 Å². The van der Waals surface area contributed by atoms with Gasteiger partial charge in [-0.25, -0.2) is 4.98 Å². The topological polar surface area (TPSA) is 36.7 Å². The summed E-state index contributed by atoms with van der Waals surface area (Å²) in [5, 5.41) is 10.4. The van der Waals surface area contributed by atoms with Crippen molar-refractivity contribution in [2.24, 2.45) is 0 Å². The Morgan fingerprint density at radius 1 is 1.33 bits per heavy atom. The van der Waals surface area contributed by atoms with Crippen LogP contribution in [0.4, 0.5) is 0 Å². The smallest absolute Gasteiger partial charge is 0.147 e. The van der Waals surface area contributed by atoms with E-state index < -0.39 is 0 Å². The first-order valence-electron chi connectivity index (χ1n) is 4.29. The van der Waals surface area contributed by atoms with Crippen molar-refractivity contribution in [2.75, 3.05) is 0 Å². The maximum Gasteiger partial charge on any atom is 0.147 e. The van der Waals surface area contributed by atoms with Gasteiger partial charge in [-0.05, 0) is 24.6 Å². The third kappa shape index (κ3) is 1.65. The Hall–Kier alpha value is -1.30. The van der Waals surface area contributed by atoms with Gasteiger partial charge in [-0.2, -0.15) is 5.26 Å². The highest BCUT2D eigenvalue weighted by Crippen LogP contribution is 2.28. The van der Waals surface area contributed by atoms with E-state index in [4.69, 9.17) is 28.5 Å². The minimum absolute atomic E-state index is 0.218. The number of nitriles is 1. The molecular weight excluding hydrogens is 231 g/mol. The fraction of sp³-hybridized carbons (Fsp3) is 0.0909. The highest BCUT2D eigenvalue weighted by atomic mass is 35.5. The highest BCUT2D eigenvalue weighted by molar-refractivity contribution is 6.36. The predicted octanol–water partition coefficient (Wildman–Crippen LogP) is 3.72. The van der Waals surface area contributed by atoms with Gasteiger partial charge in [-0.1, -0.05) is 29.3 Å². The molecule has 0 aliphatic carbocycles. The van der Waals surface area contributed by atoms with Gasteiger partial charge < -0.3 is 0 Å². The summed E-state index contributed by atoms with van der Waals surface area (Å²) >= 11 is 11.9. The average Bonchev–Trinajstić information content (AvgIpc) is 2.23. The molecule has 0 N–H and O–H groups in total. The third-order valence-corrected chi connectivity index (χ3v) is 2.82. The van der Waals surface area contributed by atoms with Gasteiger partial charge in [0.1, 0.15) is 11.2 Å². The van der Waals surface area contributed by atoms with Crippen LogP contribution in [0.3, 0.4) is 0 Å². The molecule has 0 atom stereocenters. The lowest BCUT2D eigenvalue weighted by Gasteiger charge is -2.04. The van der Waals surface area contributed by atoms with Crippen LogP contribution in [-0.2, 0) is 0 Å². The van der Waals surface area contributed by atoms with E-state index in [1.165, 1.54) is 0 Å². The molecule has 15 heavy (non-hydrogen) atoms. The first-order chi connectivity index (χ1) is 7.13. The third-order valence-electron chi connectivity index (χ3n) is 2.21. The summed E-state index contributed by atoms with van der Waals surface area (Å²) in [4.78, 5) is 4.17. The van der Waals surface area contributed by atoms with Gasteiger partial charge in [0.2, 0.25) is 0 Å². The molecule has 1 heterocycles. The number of hydrogen-bond donors (Lipinski definition) is 0. The summed E-state index contributed by atoms with van der Waals surface area (Å²) in [6, 6.07) is 7.31. The molecule has 4 heteroatoms. The van der Waals surface area contributed by atoms with Crippen LogP contribution in [0.2, 0.25) is 10.2 Å². The maximum absolute atomic E-state index is 8.82. The zero-order valence-electron chi connectivity index (χ0n) is 7.88. The molecule has 0 aliphatic heterocycles. The molecule has 0 spiro atoms. The fourth-order valence-electron chi connectivity index (χ4n) is 1.42. The lowest BCUT2D eigenvalue weighted by Crippen LogP contribution is -1.88. The van der Waals surface area contributed by atoms with Gasteiger partial charge in [0.05, 0.1) is 16.1 Å². The molecule has 0 fully saturated rings. The van der Waals surface area contributed by atoms with Crippen LogP contribution in [0, 0.1) is 18.3 Å². The highest BCUT2D eigenvalue weighted by Gasteiger charge is 2.08. The van der Waals surface area contributed by atoms with Crippen LogP contribution in [-0.4, -0.2) is 4.98 Å². The monoisotopic (exact) mass is 236 g/mol. The van der Waals surface area contributed by atoms with Gasteiger partial charge in [0, 0.05) is 5.39 Å². The molecule has 1 aromatic carbocycles. The van der Waals surface area contributed by atoms with Crippen LogP contribution < -0.4 is 0 Å². The summed E-state index contributed by atoms with van der Waals surface area (Å²) in [6.45, 7) is 1.92. The average molecular weight is 237 g/mol. The summed E-state index contributed by atoms with van der Waals surface area (Å²) in [6.07, 6.45) is 0.